The number of hydrogen-bond acceptors (Lipinski definition) is 2. The van der Waals surface area contributed by atoms with E-state index in [0.717, 1.165) is 5.69 Å². The molecule has 0 saturated heterocycles. The van der Waals surface area contributed by atoms with Crippen LogP contribution in [0.25, 0.3) is 0 Å². The van der Waals surface area contributed by atoms with E-state index in [-0.39, 0.29) is 0 Å². The highest BCUT2D eigenvalue weighted by atomic mass is 31.2. The highest BCUT2D eigenvalue weighted by molar-refractivity contribution is 7.46. The second kappa shape index (κ2) is 4.07. The van der Waals surface area contributed by atoms with Gasteiger partial charge in [0.05, 0.1) is 6.10 Å². The molecule has 13 heavy (non-hydrogen) atoms. The largest absolute Gasteiger partial charge is 0.469 e. The molecule has 0 radical (unpaired) electrons. The lowest BCUT2D eigenvalue weighted by Gasteiger charge is -2.12. The lowest BCUT2D eigenvalue weighted by Crippen LogP contribution is -2.09. The van der Waals surface area contributed by atoms with Crippen molar-refractivity contribution in [1.82, 2.24) is 4.98 Å². The molecule has 0 aromatic carbocycles. The Bertz CT molecular complexity index is 291. The number of nitrogens with one attached hydrogen (secondary N) is 1. The summed E-state index contributed by atoms with van der Waals surface area (Å²) in [5, 5.41) is 0. The van der Waals surface area contributed by atoms with Gasteiger partial charge in [-0.15, -0.1) is 0 Å². The van der Waals surface area contributed by atoms with Crippen molar-refractivity contribution >= 4 is 7.82 Å². The van der Waals surface area contributed by atoms with Crippen LogP contribution >= 0.6 is 7.82 Å². The molecule has 0 saturated carbocycles. The summed E-state index contributed by atoms with van der Waals surface area (Å²) < 4.78 is 14.9. The summed E-state index contributed by atoms with van der Waals surface area (Å²) in [6.07, 6.45) is 1.71. The third kappa shape index (κ3) is 4.24. The standard InChI is InChI=1S/C7H12NO4P/c1-6(12-13(9,10)11)5-7-3-2-4-8-7/h2-4,6,8H,5H2,1H3,(H2,9,10,11). The molecule has 5 nitrogen and oxygen atoms in total. The molecule has 74 valence electrons. The third-order valence-corrected chi connectivity index (χ3v) is 2.12. The monoisotopic (exact) mass is 205 g/mol. The molecule has 0 fully saturated rings. The van der Waals surface area contributed by atoms with E-state index in [1.807, 2.05) is 12.1 Å². The van der Waals surface area contributed by atoms with Crippen LogP contribution in [0.1, 0.15) is 12.6 Å². The maximum atomic E-state index is 10.4. The van der Waals surface area contributed by atoms with Crippen LogP contribution in [-0.2, 0) is 15.5 Å². The van der Waals surface area contributed by atoms with Crippen molar-refractivity contribution in [3.05, 3.63) is 24.0 Å². The molecule has 3 N–H and O–H groups in total. The average molecular weight is 205 g/mol. The van der Waals surface area contributed by atoms with E-state index in [1.165, 1.54) is 0 Å². The van der Waals surface area contributed by atoms with Crippen LogP contribution in [0, 0.1) is 0 Å². The second-order valence-electron chi connectivity index (χ2n) is 2.81. The zero-order valence-corrected chi connectivity index (χ0v) is 8.07. The first-order valence-corrected chi connectivity index (χ1v) is 5.36. The highest BCUT2D eigenvalue weighted by Crippen LogP contribution is 2.37. The van der Waals surface area contributed by atoms with Gasteiger partial charge in [0.2, 0.25) is 0 Å². The third-order valence-electron chi connectivity index (χ3n) is 1.49. The molecule has 1 atom stereocenters. The van der Waals surface area contributed by atoms with Crippen LogP contribution in [0.2, 0.25) is 0 Å². The molecule has 0 aliphatic rings. The first kappa shape index (κ1) is 10.5. The Morgan fingerprint density at radius 2 is 2.38 bits per heavy atom. The van der Waals surface area contributed by atoms with Crippen molar-refractivity contribution < 1.29 is 18.9 Å². The molecule has 0 aliphatic carbocycles. The van der Waals surface area contributed by atoms with Gasteiger partial charge in [0.1, 0.15) is 0 Å². The Hall–Kier alpha value is -0.610. The second-order valence-corrected chi connectivity index (χ2v) is 4.00. The fourth-order valence-electron chi connectivity index (χ4n) is 1.08. The van der Waals surface area contributed by atoms with E-state index < -0.39 is 13.9 Å². The lowest BCUT2D eigenvalue weighted by atomic mass is 10.2. The minimum Gasteiger partial charge on any atom is -0.365 e. The molecule has 0 amide bonds. The molecule has 0 aliphatic heterocycles. The quantitative estimate of drug-likeness (QED) is 0.641. The first-order valence-electron chi connectivity index (χ1n) is 3.83. The SMILES string of the molecule is CC(Cc1ccc[nH]1)OP(=O)(O)O. The average Bonchev–Trinajstić information content (AvgIpc) is 2.34. The highest BCUT2D eigenvalue weighted by Gasteiger charge is 2.18. The van der Waals surface area contributed by atoms with Crippen molar-refractivity contribution in [2.45, 2.75) is 19.4 Å². The van der Waals surface area contributed by atoms with Gasteiger partial charge in [-0.3, -0.25) is 4.52 Å². The molecule has 1 rings (SSSR count). The van der Waals surface area contributed by atoms with E-state index in [9.17, 15) is 4.57 Å². The van der Waals surface area contributed by atoms with E-state index in [1.54, 1.807) is 13.1 Å². The van der Waals surface area contributed by atoms with Gasteiger partial charge >= 0.3 is 7.82 Å². The Morgan fingerprint density at radius 1 is 1.69 bits per heavy atom. The number of aromatic amines is 1. The molecule has 1 aromatic rings. The smallest absolute Gasteiger partial charge is 0.365 e. The number of H-pyrrole nitrogens is 1. The van der Waals surface area contributed by atoms with Gasteiger partial charge in [-0.25, -0.2) is 4.57 Å². The molecular weight excluding hydrogens is 193 g/mol. The van der Waals surface area contributed by atoms with E-state index >= 15 is 0 Å². The van der Waals surface area contributed by atoms with Gasteiger partial charge in [0.15, 0.2) is 0 Å². The van der Waals surface area contributed by atoms with Crippen molar-refractivity contribution in [1.29, 1.82) is 0 Å². The molecule has 1 unspecified atom stereocenters. The number of phosphoric acid groups is 1. The van der Waals surface area contributed by atoms with Crippen molar-refractivity contribution in [3.63, 3.8) is 0 Å². The normalized spacial score (nSPS) is 14.4. The van der Waals surface area contributed by atoms with Crippen LogP contribution in [0.5, 0.6) is 0 Å². The van der Waals surface area contributed by atoms with Crippen LogP contribution < -0.4 is 0 Å². The fraction of sp³-hybridized carbons (Fsp3) is 0.429. The van der Waals surface area contributed by atoms with Crippen LogP contribution in [0.4, 0.5) is 0 Å². The topological polar surface area (TPSA) is 82.6 Å². The predicted molar refractivity (Wildman–Crippen MR) is 47.1 cm³/mol. The van der Waals surface area contributed by atoms with Gasteiger partial charge in [0.25, 0.3) is 0 Å². The minimum absolute atomic E-state index is 0.456. The summed E-state index contributed by atoms with van der Waals surface area (Å²) in [5.74, 6) is 0. The summed E-state index contributed by atoms with van der Waals surface area (Å²) in [6, 6.07) is 3.65. The number of aromatic nitrogens is 1. The van der Waals surface area contributed by atoms with E-state index in [0.29, 0.717) is 6.42 Å². The van der Waals surface area contributed by atoms with Gasteiger partial charge in [-0.2, -0.15) is 0 Å². The Kier molecular flexibility index (Phi) is 3.27. The number of hydrogen-bond donors (Lipinski definition) is 3. The number of rotatable bonds is 4. The zero-order valence-electron chi connectivity index (χ0n) is 7.17. The maximum absolute atomic E-state index is 10.4. The van der Waals surface area contributed by atoms with Crippen molar-refractivity contribution in [2.24, 2.45) is 0 Å². The summed E-state index contributed by atoms with van der Waals surface area (Å²) in [6.45, 7) is 1.61. The molecule has 0 bridgehead atoms. The van der Waals surface area contributed by atoms with Gasteiger partial charge in [-0.1, -0.05) is 0 Å². The summed E-state index contributed by atoms with van der Waals surface area (Å²) in [5.41, 5.74) is 0.890. The molecule has 6 heteroatoms. The van der Waals surface area contributed by atoms with Crippen LogP contribution in [-0.4, -0.2) is 20.9 Å². The summed E-state index contributed by atoms with van der Waals surface area (Å²) in [7, 11) is -4.35. The Morgan fingerprint density at radius 3 is 2.85 bits per heavy atom. The van der Waals surface area contributed by atoms with Crippen molar-refractivity contribution in [3.8, 4) is 0 Å². The number of phosphoric ester groups is 1. The predicted octanol–water partition coefficient (Wildman–Crippen LogP) is 1.05. The molecule has 1 aromatic heterocycles. The van der Waals surface area contributed by atoms with Crippen LogP contribution in [0.15, 0.2) is 18.3 Å². The minimum atomic E-state index is -4.35. The fourth-order valence-corrected chi connectivity index (χ4v) is 1.62. The van der Waals surface area contributed by atoms with E-state index in [2.05, 4.69) is 9.51 Å². The van der Waals surface area contributed by atoms with E-state index in [4.69, 9.17) is 9.79 Å². The zero-order chi connectivity index (χ0) is 9.90. The van der Waals surface area contributed by atoms with Gasteiger partial charge < -0.3 is 14.8 Å². The Balaban J connectivity index is 2.43. The molecular formula is C7H12NO4P. The first-order chi connectivity index (χ1) is 5.97. The summed E-state index contributed by atoms with van der Waals surface area (Å²) >= 11 is 0. The van der Waals surface area contributed by atoms with Crippen LogP contribution in [0.3, 0.4) is 0 Å². The summed E-state index contributed by atoms with van der Waals surface area (Å²) in [4.78, 5) is 19.9. The lowest BCUT2D eigenvalue weighted by molar-refractivity contribution is 0.144. The van der Waals surface area contributed by atoms with Gasteiger partial charge in [0, 0.05) is 18.3 Å². The van der Waals surface area contributed by atoms with Gasteiger partial charge in [-0.05, 0) is 19.1 Å². The molecule has 1 heterocycles. The van der Waals surface area contributed by atoms with Crippen molar-refractivity contribution in [2.75, 3.05) is 0 Å². The maximum Gasteiger partial charge on any atom is 0.469 e. The Labute approximate surface area is 76.0 Å². The molecule has 0 spiro atoms.